The van der Waals surface area contributed by atoms with Crippen molar-refractivity contribution in [2.45, 2.75) is 0 Å². The Kier molecular flexibility index (Phi) is 6.07. The molecule has 4 heteroatoms. The third-order valence-electron chi connectivity index (χ3n) is 1.31. The highest BCUT2D eigenvalue weighted by molar-refractivity contribution is 6.13. The minimum Gasteiger partial charge on any atom is -0.477 e. The fourth-order valence-corrected chi connectivity index (χ4v) is 0.664. The normalized spacial score (nSPS) is 11.6. The molecule has 0 bridgehead atoms. The van der Waals surface area contributed by atoms with Crippen molar-refractivity contribution in [3.05, 3.63) is 36.0 Å². The molecule has 0 aliphatic carbocycles. The first-order chi connectivity index (χ1) is 7.13. The maximum absolute atomic E-state index is 10.9. The standard InChI is InChI=1S/C11H10O4/c1-3-4-5-6-7-8-9(10(12)13)11(14)15-2/h1,4-8H,2H3,(H,12,13). The average molecular weight is 206 g/mol. The maximum Gasteiger partial charge on any atom is 0.345 e. The van der Waals surface area contributed by atoms with E-state index in [1.807, 2.05) is 0 Å². The van der Waals surface area contributed by atoms with Crippen LogP contribution in [0.3, 0.4) is 0 Å². The van der Waals surface area contributed by atoms with Crippen LogP contribution in [0.15, 0.2) is 36.0 Å². The van der Waals surface area contributed by atoms with Gasteiger partial charge in [-0.1, -0.05) is 24.1 Å². The van der Waals surface area contributed by atoms with E-state index in [-0.39, 0.29) is 0 Å². The van der Waals surface area contributed by atoms with E-state index in [0.29, 0.717) is 0 Å². The molecule has 1 N–H and O–H groups in total. The van der Waals surface area contributed by atoms with Gasteiger partial charge in [-0.15, -0.1) is 6.42 Å². The third kappa shape index (κ3) is 5.11. The number of carboxylic acid groups (broad SMARTS) is 1. The van der Waals surface area contributed by atoms with E-state index in [0.717, 1.165) is 13.2 Å². The largest absolute Gasteiger partial charge is 0.477 e. The van der Waals surface area contributed by atoms with E-state index >= 15 is 0 Å². The van der Waals surface area contributed by atoms with Crippen molar-refractivity contribution in [2.75, 3.05) is 7.11 Å². The third-order valence-corrected chi connectivity index (χ3v) is 1.31. The molecule has 0 unspecified atom stereocenters. The van der Waals surface area contributed by atoms with Crippen molar-refractivity contribution >= 4 is 11.9 Å². The van der Waals surface area contributed by atoms with Crippen LogP contribution in [0.4, 0.5) is 0 Å². The monoisotopic (exact) mass is 206 g/mol. The molecule has 0 aromatic rings. The van der Waals surface area contributed by atoms with Crippen molar-refractivity contribution in [2.24, 2.45) is 0 Å². The Morgan fingerprint density at radius 1 is 1.33 bits per heavy atom. The lowest BCUT2D eigenvalue weighted by Crippen LogP contribution is -2.13. The summed E-state index contributed by atoms with van der Waals surface area (Å²) in [4.78, 5) is 21.5. The van der Waals surface area contributed by atoms with Gasteiger partial charge in [-0.05, 0) is 12.2 Å². The summed E-state index contributed by atoms with van der Waals surface area (Å²) in [6.45, 7) is 0. The molecule has 0 fully saturated rings. The Morgan fingerprint density at radius 2 is 2.00 bits per heavy atom. The number of hydrogen-bond acceptors (Lipinski definition) is 3. The smallest absolute Gasteiger partial charge is 0.345 e. The zero-order chi connectivity index (χ0) is 11.7. The molecular formula is C11H10O4. The molecule has 0 saturated carbocycles. The van der Waals surface area contributed by atoms with Gasteiger partial charge in [0.25, 0.3) is 0 Å². The number of rotatable bonds is 4. The molecule has 78 valence electrons. The summed E-state index contributed by atoms with van der Waals surface area (Å²) in [6, 6.07) is 0. The molecule has 0 rings (SSSR count). The first kappa shape index (κ1) is 12.7. The number of carbonyl (C=O) groups excluding carboxylic acids is 1. The maximum atomic E-state index is 10.9. The molecular weight excluding hydrogens is 196 g/mol. The van der Waals surface area contributed by atoms with Crippen LogP contribution in [-0.2, 0) is 14.3 Å². The first-order valence-electron chi connectivity index (χ1n) is 3.94. The first-order valence-corrected chi connectivity index (χ1v) is 3.94. The van der Waals surface area contributed by atoms with Crippen molar-refractivity contribution in [3.8, 4) is 12.3 Å². The summed E-state index contributed by atoms with van der Waals surface area (Å²) in [7, 11) is 1.11. The van der Waals surface area contributed by atoms with Crippen LogP contribution in [0.1, 0.15) is 0 Å². The number of ether oxygens (including phenoxy) is 1. The quantitative estimate of drug-likeness (QED) is 0.185. The van der Waals surface area contributed by atoms with Crippen LogP contribution in [0.2, 0.25) is 0 Å². The Balaban J connectivity index is 4.66. The fourth-order valence-electron chi connectivity index (χ4n) is 0.664. The van der Waals surface area contributed by atoms with Gasteiger partial charge in [0.2, 0.25) is 0 Å². The predicted molar refractivity (Wildman–Crippen MR) is 54.8 cm³/mol. The van der Waals surface area contributed by atoms with Gasteiger partial charge in [0.1, 0.15) is 5.57 Å². The van der Waals surface area contributed by atoms with Gasteiger partial charge >= 0.3 is 11.9 Å². The minimum atomic E-state index is -1.34. The predicted octanol–water partition coefficient (Wildman–Crippen LogP) is 0.916. The summed E-state index contributed by atoms with van der Waals surface area (Å²) in [5.41, 5.74) is -0.442. The number of esters is 1. The lowest BCUT2D eigenvalue weighted by Gasteiger charge is -1.96. The van der Waals surface area contributed by atoms with Gasteiger partial charge in [0.15, 0.2) is 0 Å². The summed E-state index contributed by atoms with van der Waals surface area (Å²) in [6.07, 6.45) is 11.9. The molecule has 4 nitrogen and oxygen atoms in total. The Morgan fingerprint density at radius 3 is 2.47 bits per heavy atom. The van der Waals surface area contributed by atoms with E-state index in [1.165, 1.54) is 24.3 Å². The second-order valence-electron chi connectivity index (χ2n) is 2.29. The number of carboxylic acids is 1. The topological polar surface area (TPSA) is 63.6 Å². The molecule has 0 atom stereocenters. The van der Waals surface area contributed by atoms with Crippen molar-refractivity contribution in [3.63, 3.8) is 0 Å². The highest BCUT2D eigenvalue weighted by Crippen LogP contribution is 1.98. The highest BCUT2D eigenvalue weighted by atomic mass is 16.5. The van der Waals surface area contributed by atoms with Gasteiger partial charge in [-0.3, -0.25) is 0 Å². The van der Waals surface area contributed by atoms with Crippen molar-refractivity contribution in [1.82, 2.24) is 0 Å². The van der Waals surface area contributed by atoms with Gasteiger partial charge < -0.3 is 9.84 Å². The molecule has 0 aliphatic heterocycles. The van der Waals surface area contributed by atoms with Gasteiger partial charge in [0.05, 0.1) is 7.11 Å². The molecule has 0 saturated heterocycles. The highest BCUT2D eigenvalue weighted by Gasteiger charge is 2.16. The fraction of sp³-hybridized carbons (Fsp3) is 0.0909. The van der Waals surface area contributed by atoms with E-state index in [2.05, 4.69) is 10.7 Å². The molecule has 0 spiro atoms. The van der Waals surface area contributed by atoms with Crippen LogP contribution in [0, 0.1) is 12.3 Å². The molecule has 0 aromatic carbocycles. The summed E-state index contributed by atoms with van der Waals surface area (Å²) in [5, 5.41) is 8.62. The molecule has 0 radical (unpaired) electrons. The summed E-state index contributed by atoms with van der Waals surface area (Å²) in [5.74, 6) is 0.0164. The van der Waals surface area contributed by atoms with Gasteiger partial charge in [-0.25, -0.2) is 9.59 Å². The Bertz CT molecular complexity index is 367. The zero-order valence-corrected chi connectivity index (χ0v) is 8.14. The summed E-state index contributed by atoms with van der Waals surface area (Å²) >= 11 is 0. The number of carbonyl (C=O) groups is 2. The number of terminal acetylenes is 1. The average Bonchev–Trinajstić information content (AvgIpc) is 2.22. The summed E-state index contributed by atoms with van der Waals surface area (Å²) < 4.78 is 4.28. The molecule has 0 heterocycles. The zero-order valence-electron chi connectivity index (χ0n) is 8.14. The van der Waals surface area contributed by atoms with Gasteiger partial charge in [-0.2, -0.15) is 0 Å². The van der Waals surface area contributed by atoms with Crippen LogP contribution < -0.4 is 0 Å². The Hall–Kier alpha value is -2.28. The number of aliphatic carboxylic acids is 1. The number of methoxy groups -OCH3 is 1. The SMILES string of the molecule is C#CC=CC=CC=C(C(=O)O)C(=O)OC. The van der Waals surface area contributed by atoms with E-state index in [9.17, 15) is 9.59 Å². The van der Waals surface area contributed by atoms with Crippen LogP contribution in [-0.4, -0.2) is 24.2 Å². The van der Waals surface area contributed by atoms with Crippen LogP contribution >= 0.6 is 0 Å². The van der Waals surface area contributed by atoms with E-state index in [1.54, 1.807) is 0 Å². The Labute approximate surface area is 87.5 Å². The van der Waals surface area contributed by atoms with Gasteiger partial charge in [0, 0.05) is 0 Å². The molecule has 0 aliphatic rings. The number of allylic oxidation sites excluding steroid dienone is 5. The molecule has 15 heavy (non-hydrogen) atoms. The van der Waals surface area contributed by atoms with E-state index in [4.69, 9.17) is 11.5 Å². The lowest BCUT2D eigenvalue weighted by molar-refractivity contribution is -0.142. The van der Waals surface area contributed by atoms with Crippen molar-refractivity contribution in [1.29, 1.82) is 0 Å². The molecule has 0 amide bonds. The second kappa shape index (κ2) is 7.15. The van der Waals surface area contributed by atoms with E-state index < -0.39 is 17.5 Å². The van der Waals surface area contributed by atoms with Crippen molar-refractivity contribution < 1.29 is 19.4 Å². The van der Waals surface area contributed by atoms with Crippen LogP contribution in [0.25, 0.3) is 0 Å². The number of hydrogen-bond donors (Lipinski definition) is 1. The second-order valence-corrected chi connectivity index (χ2v) is 2.29. The lowest BCUT2D eigenvalue weighted by atomic mass is 10.2. The van der Waals surface area contributed by atoms with Crippen LogP contribution in [0.5, 0.6) is 0 Å². The molecule has 0 aromatic heterocycles. The minimum absolute atomic E-state index is 0.442.